The van der Waals surface area contributed by atoms with Crippen LogP contribution in [0.4, 0.5) is 39.5 Å². The zero-order valence-corrected chi connectivity index (χ0v) is 17.8. The molecule has 0 atom stereocenters. The Bertz CT molecular complexity index is 1180. The smallest absolute Gasteiger partial charge is 0.412 e. The maximum atomic E-state index is 15.1. The van der Waals surface area contributed by atoms with Crippen molar-refractivity contribution in [2.75, 3.05) is 7.11 Å². The van der Waals surface area contributed by atoms with Crippen molar-refractivity contribution < 1.29 is 44.3 Å². The average Bonchev–Trinajstić information content (AvgIpc) is 2.70. The minimum Gasteiger partial charge on any atom is -0.491 e. The third-order valence-electron chi connectivity index (χ3n) is 5.10. The van der Waals surface area contributed by atoms with Crippen LogP contribution in [0.15, 0.2) is 18.2 Å². The summed E-state index contributed by atoms with van der Waals surface area (Å²) < 4.78 is 132. The SMILES string of the molecule is COc1c(F)cc(F)[c]([Al]([c]2c(F)cc(F)c(C)c2F)[c]2c(F)cc(F)c(C)c2F)c1F. The molecule has 0 saturated heterocycles. The largest absolute Gasteiger partial charge is 0.491 e. The molecule has 0 N–H and O–H groups in total. The van der Waals surface area contributed by atoms with E-state index in [2.05, 4.69) is 4.74 Å². The van der Waals surface area contributed by atoms with Crippen molar-refractivity contribution in [2.45, 2.75) is 13.8 Å². The van der Waals surface area contributed by atoms with Crippen LogP contribution in [0.1, 0.15) is 11.1 Å². The summed E-state index contributed by atoms with van der Waals surface area (Å²) in [5.41, 5.74) is -1.57. The van der Waals surface area contributed by atoms with E-state index in [-0.39, 0.29) is 18.2 Å². The molecule has 32 heavy (non-hydrogen) atoms. The van der Waals surface area contributed by atoms with E-state index in [0.717, 1.165) is 21.0 Å². The van der Waals surface area contributed by atoms with Gasteiger partial charge in [-0.2, -0.15) is 0 Å². The molecule has 0 radical (unpaired) electrons. The van der Waals surface area contributed by atoms with Gasteiger partial charge in [-0.1, -0.05) is 0 Å². The number of rotatable bonds is 4. The fourth-order valence-electron chi connectivity index (χ4n) is 3.42. The summed E-state index contributed by atoms with van der Waals surface area (Å²) in [6, 6.07) is 0.503. The molecule has 1 nitrogen and oxygen atoms in total. The van der Waals surface area contributed by atoms with Gasteiger partial charge in [0.1, 0.15) is 40.7 Å². The highest BCUT2D eigenvalue weighted by Crippen LogP contribution is 2.24. The molecule has 0 saturated carbocycles. The summed E-state index contributed by atoms with van der Waals surface area (Å²) in [7, 11) is 0.812. The molecular weight excluding hydrogens is 466 g/mol. The van der Waals surface area contributed by atoms with Gasteiger partial charge in [-0.15, -0.1) is 0 Å². The molecule has 0 aromatic heterocycles. The second-order valence-electron chi connectivity index (χ2n) is 6.92. The first-order valence-corrected chi connectivity index (χ1v) is 10.6. The molecule has 0 aliphatic carbocycles. The monoisotopic (exact) mass is 478 g/mol. The third-order valence-corrected chi connectivity index (χ3v) is 8.42. The molecule has 0 spiro atoms. The van der Waals surface area contributed by atoms with E-state index in [1.54, 1.807) is 0 Å². The van der Waals surface area contributed by atoms with E-state index in [4.69, 9.17) is 0 Å². The van der Waals surface area contributed by atoms with Crippen LogP contribution >= 0.6 is 0 Å². The van der Waals surface area contributed by atoms with Crippen molar-refractivity contribution in [1.82, 2.24) is 0 Å². The molecule has 0 fully saturated rings. The van der Waals surface area contributed by atoms with Crippen molar-refractivity contribution in [3.63, 3.8) is 0 Å². The van der Waals surface area contributed by atoms with Crippen molar-refractivity contribution in [3.05, 3.63) is 81.7 Å². The van der Waals surface area contributed by atoms with Crippen LogP contribution in [0.5, 0.6) is 5.75 Å². The van der Waals surface area contributed by atoms with E-state index in [0.29, 0.717) is 0 Å². The van der Waals surface area contributed by atoms with Crippen LogP contribution in [0.3, 0.4) is 0 Å². The second-order valence-corrected chi connectivity index (χ2v) is 9.52. The Morgan fingerprint density at radius 1 is 0.531 bits per heavy atom. The van der Waals surface area contributed by atoms with Gasteiger partial charge in [-0.3, -0.25) is 0 Å². The Balaban J connectivity index is 2.57. The van der Waals surface area contributed by atoms with Gasteiger partial charge in [-0.05, 0) is 27.1 Å². The summed E-state index contributed by atoms with van der Waals surface area (Å²) in [5, 5.41) is 0. The van der Waals surface area contributed by atoms with Crippen molar-refractivity contribution in [1.29, 1.82) is 0 Å². The molecular formula is C21H12AlF9O. The van der Waals surface area contributed by atoms with Crippen molar-refractivity contribution in [2.24, 2.45) is 0 Å². The van der Waals surface area contributed by atoms with Crippen LogP contribution < -0.4 is 18.0 Å². The Morgan fingerprint density at radius 3 is 1.25 bits per heavy atom. The lowest BCUT2D eigenvalue weighted by Gasteiger charge is -2.21. The van der Waals surface area contributed by atoms with E-state index < -0.39 is 96.7 Å². The molecule has 3 aromatic rings. The maximum Gasteiger partial charge on any atom is 0.412 e. The molecule has 0 bridgehead atoms. The Kier molecular flexibility index (Phi) is 6.54. The quantitative estimate of drug-likeness (QED) is 0.406. The van der Waals surface area contributed by atoms with E-state index in [9.17, 15) is 35.1 Å². The normalized spacial score (nSPS) is 11.1. The first-order valence-electron chi connectivity index (χ1n) is 8.91. The summed E-state index contributed by atoms with van der Waals surface area (Å²) in [6.45, 7) is 1.75. The molecule has 0 heterocycles. The van der Waals surface area contributed by atoms with E-state index >= 15 is 4.39 Å². The van der Waals surface area contributed by atoms with Crippen molar-refractivity contribution >= 4 is 27.4 Å². The van der Waals surface area contributed by atoms with Crippen LogP contribution in [-0.4, -0.2) is 21.3 Å². The summed E-state index contributed by atoms with van der Waals surface area (Å²) >= 11 is -4.53. The highest BCUT2D eigenvalue weighted by molar-refractivity contribution is 6.95. The highest BCUT2D eigenvalue weighted by atomic mass is 27.2. The molecule has 3 rings (SSSR count). The third kappa shape index (κ3) is 3.73. The van der Waals surface area contributed by atoms with Crippen LogP contribution in [0.2, 0.25) is 0 Å². The van der Waals surface area contributed by atoms with Crippen LogP contribution in [-0.2, 0) is 0 Å². The molecule has 168 valence electrons. The average molecular weight is 478 g/mol. The molecule has 0 unspecified atom stereocenters. The summed E-state index contributed by atoms with van der Waals surface area (Å²) in [6.07, 6.45) is 0. The number of benzene rings is 3. The number of hydrogen-bond donors (Lipinski definition) is 0. The van der Waals surface area contributed by atoms with E-state index in [1.165, 1.54) is 0 Å². The zero-order chi connectivity index (χ0) is 24.1. The number of ether oxygens (including phenoxy) is 1. The summed E-state index contributed by atoms with van der Waals surface area (Å²) in [5.74, 6) is -15.5. The lowest BCUT2D eigenvalue weighted by atomic mass is 10.2. The fourth-order valence-corrected chi connectivity index (χ4v) is 6.69. The van der Waals surface area contributed by atoms with Gasteiger partial charge in [0.2, 0.25) is 0 Å². The standard InChI is InChI=1S/C7H4F3O.2C7H4F3.Al/c1-11-7-5(9)2-4(8)3-6(7)10;2*1-4-6(9)2-5(8)3-7(4)10;/h2H,1H3;2*2H,1H3;. The molecule has 0 aliphatic heterocycles. The van der Waals surface area contributed by atoms with Gasteiger partial charge < -0.3 is 4.74 Å². The number of methoxy groups -OCH3 is 1. The second kappa shape index (κ2) is 8.71. The minimum absolute atomic E-state index is 0.121. The fraction of sp³-hybridized carbons (Fsp3) is 0.143. The summed E-state index contributed by atoms with van der Waals surface area (Å²) in [4.78, 5) is 0. The van der Waals surface area contributed by atoms with Gasteiger partial charge in [-0.25, -0.2) is 39.5 Å². The predicted octanol–water partition coefficient (Wildman–Crippen LogP) is 4.08. The van der Waals surface area contributed by atoms with Gasteiger partial charge in [0.25, 0.3) is 0 Å². The van der Waals surface area contributed by atoms with E-state index in [1.807, 2.05) is 0 Å². The highest BCUT2D eigenvalue weighted by Gasteiger charge is 2.42. The van der Waals surface area contributed by atoms with Gasteiger partial charge in [0.15, 0.2) is 17.4 Å². The lowest BCUT2D eigenvalue weighted by molar-refractivity contribution is 0.358. The Hall–Kier alpha value is -2.64. The molecule has 0 amide bonds. The zero-order valence-electron chi connectivity index (χ0n) is 16.6. The first kappa shape index (κ1) is 24.0. The number of hydrogen-bond acceptors (Lipinski definition) is 1. The Morgan fingerprint density at radius 2 is 0.875 bits per heavy atom. The first-order chi connectivity index (χ1) is 14.9. The topological polar surface area (TPSA) is 9.23 Å². The number of halogens is 9. The van der Waals surface area contributed by atoms with Gasteiger partial charge in [0, 0.05) is 29.3 Å². The molecule has 3 aromatic carbocycles. The van der Waals surface area contributed by atoms with Crippen molar-refractivity contribution in [3.8, 4) is 5.75 Å². The van der Waals surface area contributed by atoms with Gasteiger partial charge >= 0.3 is 14.1 Å². The van der Waals surface area contributed by atoms with Crippen LogP contribution in [0, 0.1) is 66.2 Å². The van der Waals surface area contributed by atoms with Gasteiger partial charge in [0.05, 0.1) is 7.11 Å². The molecule has 11 heteroatoms. The molecule has 0 aliphatic rings. The predicted molar refractivity (Wildman–Crippen MR) is 99.6 cm³/mol. The maximum absolute atomic E-state index is 15.1. The lowest BCUT2D eigenvalue weighted by Crippen LogP contribution is -2.59. The Labute approximate surface area is 180 Å². The minimum atomic E-state index is -4.53. The van der Waals surface area contributed by atoms with Crippen LogP contribution in [0.25, 0.3) is 0 Å².